The second-order valence-corrected chi connectivity index (χ2v) is 7.09. The third-order valence-electron chi connectivity index (χ3n) is 5.15. The summed E-state index contributed by atoms with van der Waals surface area (Å²) in [5, 5.41) is 16.5. The SMILES string of the molecule is CN1CCN2C[C@@H](NC(=O)c3cc4ncc(CCO)cn4n3)C[C@H]2C1. The van der Waals surface area contributed by atoms with E-state index in [1.807, 2.05) is 0 Å². The smallest absolute Gasteiger partial charge is 0.272 e. The molecule has 134 valence electrons. The highest BCUT2D eigenvalue weighted by Gasteiger charge is 2.36. The van der Waals surface area contributed by atoms with Crippen molar-refractivity contribution >= 4 is 11.6 Å². The fraction of sp³-hybridized carbons (Fsp3) is 0.588. The normalized spacial score (nSPS) is 24.6. The van der Waals surface area contributed by atoms with Crippen LogP contribution in [0.4, 0.5) is 0 Å². The van der Waals surface area contributed by atoms with Crippen LogP contribution in [0.5, 0.6) is 0 Å². The van der Waals surface area contributed by atoms with Crippen LogP contribution >= 0.6 is 0 Å². The summed E-state index contributed by atoms with van der Waals surface area (Å²) >= 11 is 0. The summed E-state index contributed by atoms with van der Waals surface area (Å²) in [6, 6.07) is 2.41. The van der Waals surface area contributed by atoms with Crippen LogP contribution in [-0.2, 0) is 6.42 Å². The molecule has 25 heavy (non-hydrogen) atoms. The second-order valence-electron chi connectivity index (χ2n) is 7.09. The van der Waals surface area contributed by atoms with Crippen LogP contribution in [0, 0.1) is 0 Å². The summed E-state index contributed by atoms with van der Waals surface area (Å²) in [6.07, 6.45) is 5.03. The predicted octanol–water partition coefficient (Wildman–Crippen LogP) is -0.618. The van der Waals surface area contributed by atoms with Crippen molar-refractivity contribution in [3.63, 3.8) is 0 Å². The van der Waals surface area contributed by atoms with Gasteiger partial charge in [0.25, 0.3) is 5.91 Å². The first-order chi connectivity index (χ1) is 12.1. The number of fused-ring (bicyclic) bond motifs is 2. The molecule has 0 radical (unpaired) electrons. The summed E-state index contributed by atoms with van der Waals surface area (Å²) in [5.41, 5.74) is 1.91. The number of amides is 1. The van der Waals surface area contributed by atoms with E-state index in [4.69, 9.17) is 5.11 Å². The minimum absolute atomic E-state index is 0.0658. The summed E-state index contributed by atoms with van der Waals surface area (Å²) in [6.45, 7) is 4.20. The molecule has 0 bridgehead atoms. The average Bonchev–Trinajstić information content (AvgIpc) is 3.17. The van der Waals surface area contributed by atoms with Crippen molar-refractivity contribution in [2.24, 2.45) is 0 Å². The van der Waals surface area contributed by atoms with E-state index in [2.05, 4.69) is 32.2 Å². The molecule has 0 unspecified atom stereocenters. The molecule has 4 heterocycles. The number of aromatic nitrogens is 3. The van der Waals surface area contributed by atoms with E-state index in [-0.39, 0.29) is 18.6 Å². The first kappa shape index (κ1) is 16.4. The fourth-order valence-corrected chi connectivity index (χ4v) is 3.85. The Labute approximate surface area is 146 Å². The highest BCUT2D eigenvalue weighted by Crippen LogP contribution is 2.21. The number of hydrogen-bond donors (Lipinski definition) is 2. The van der Waals surface area contributed by atoms with Crippen LogP contribution in [0.15, 0.2) is 18.5 Å². The maximum absolute atomic E-state index is 12.6. The molecular formula is C17H24N6O2. The van der Waals surface area contributed by atoms with Crippen molar-refractivity contribution in [2.45, 2.75) is 24.9 Å². The van der Waals surface area contributed by atoms with Gasteiger partial charge >= 0.3 is 0 Å². The van der Waals surface area contributed by atoms with Crippen molar-refractivity contribution in [3.8, 4) is 0 Å². The number of nitrogens with zero attached hydrogens (tertiary/aromatic N) is 5. The van der Waals surface area contributed by atoms with Gasteiger partial charge in [0.1, 0.15) is 0 Å². The molecule has 0 spiro atoms. The Morgan fingerprint density at radius 3 is 3.12 bits per heavy atom. The van der Waals surface area contributed by atoms with Gasteiger partial charge in [-0.2, -0.15) is 5.10 Å². The third kappa shape index (κ3) is 3.37. The maximum Gasteiger partial charge on any atom is 0.272 e. The molecule has 2 saturated heterocycles. The molecule has 2 atom stereocenters. The molecule has 2 N–H and O–H groups in total. The van der Waals surface area contributed by atoms with Gasteiger partial charge in [0.2, 0.25) is 0 Å². The van der Waals surface area contributed by atoms with E-state index < -0.39 is 0 Å². The van der Waals surface area contributed by atoms with Crippen LogP contribution < -0.4 is 5.32 Å². The number of piperazine rings is 1. The maximum atomic E-state index is 12.6. The van der Waals surface area contributed by atoms with Crippen LogP contribution in [0.25, 0.3) is 5.65 Å². The lowest BCUT2D eigenvalue weighted by atomic mass is 10.1. The lowest BCUT2D eigenvalue weighted by molar-refractivity contribution is 0.0931. The zero-order valence-corrected chi connectivity index (χ0v) is 14.4. The third-order valence-corrected chi connectivity index (χ3v) is 5.15. The summed E-state index contributed by atoms with van der Waals surface area (Å²) in [4.78, 5) is 21.7. The monoisotopic (exact) mass is 344 g/mol. The average molecular weight is 344 g/mol. The summed E-state index contributed by atoms with van der Waals surface area (Å²) < 4.78 is 1.60. The molecule has 1 amide bonds. The molecule has 0 saturated carbocycles. The number of nitrogens with one attached hydrogen (secondary N) is 1. The zero-order valence-electron chi connectivity index (χ0n) is 14.4. The number of rotatable bonds is 4. The highest BCUT2D eigenvalue weighted by atomic mass is 16.3. The lowest BCUT2D eigenvalue weighted by Gasteiger charge is -2.34. The molecule has 8 heteroatoms. The number of aliphatic hydroxyl groups excluding tert-OH is 1. The number of hydrogen-bond acceptors (Lipinski definition) is 6. The Kier molecular flexibility index (Phi) is 4.41. The van der Waals surface area contributed by atoms with Gasteiger partial charge in [-0.3, -0.25) is 9.69 Å². The van der Waals surface area contributed by atoms with E-state index in [0.29, 0.717) is 23.8 Å². The molecule has 2 aliphatic heterocycles. The van der Waals surface area contributed by atoms with Crippen molar-refractivity contribution < 1.29 is 9.90 Å². The molecule has 0 aliphatic carbocycles. The van der Waals surface area contributed by atoms with E-state index in [0.717, 1.165) is 38.2 Å². The van der Waals surface area contributed by atoms with Crippen molar-refractivity contribution in [1.29, 1.82) is 0 Å². The summed E-state index contributed by atoms with van der Waals surface area (Å²) in [5.74, 6) is -0.146. The number of likely N-dealkylation sites (N-methyl/N-ethyl adjacent to an activating group) is 1. The van der Waals surface area contributed by atoms with Crippen molar-refractivity contribution in [3.05, 3.63) is 29.7 Å². The molecule has 8 nitrogen and oxygen atoms in total. The minimum atomic E-state index is -0.146. The predicted molar refractivity (Wildman–Crippen MR) is 92.5 cm³/mol. The molecule has 0 aromatic carbocycles. The second kappa shape index (κ2) is 6.70. The largest absolute Gasteiger partial charge is 0.396 e. The first-order valence-electron chi connectivity index (χ1n) is 8.81. The number of carbonyl (C=O) groups excluding carboxylic acids is 1. The first-order valence-corrected chi connectivity index (χ1v) is 8.81. The van der Waals surface area contributed by atoms with Gasteiger partial charge in [0.05, 0.1) is 0 Å². The van der Waals surface area contributed by atoms with Gasteiger partial charge in [-0.15, -0.1) is 0 Å². The molecule has 4 rings (SSSR count). The highest BCUT2D eigenvalue weighted by molar-refractivity contribution is 5.93. The van der Waals surface area contributed by atoms with Crippen LogP contribution in [-0.4, -0.2) is 87.3 Å². The van der Waals surface area contributed by atoms with Crippen LogP contribution in [0.3, 0.4) is 0 Å². The van der Waals surface area contributed by atoms with E-state index in [1.54, 1.807) is 23.0 Å². The van der Waals surface area contributed by atoms with Gasteiger partial charge in [-0.1, -0.05) is 0 Å². The fourth-order valence-electron chi connectivity index (χ4n) is 3.85. The molecule has 2 aromatic rings. The molecule has 2 aliphatic rings. The number of aliphatic hydroxyl groups is 1. The van der Waals surface area contributed by atoms with Crippen molar-refractivity contribution in [1.82, 2.24) is 29.7 Å². The quantitative estimate of drug-likeness (QED) is 0.769. The van der Waals surface area contributed by atoms with E-state index in [1.165, 1.54) is 0 Å². The minimum Gasteiger partial charge on any atom is -0.396 e. The lowest BCUT2D eigenvalue weighted by Crippen LogP contribution is -2.48. The van der Waals surface area contributed by atoms with Crippen LogP contribution in [0.1, 0.15) is 22.5 Å². The van der Waals surface area contributed by atoms with Gasteiger partial charge in [-0.25, -0.2) is 9.50 Å². The van der Waals surface area contributed by atoms with Gasteiger partial charge < -0.3 is 15.3 Å². The Hall–Kier alpha value is -2.03. The molecular weight excluding hydrogens is 320 g/mol. The Morgan fingerprint density at radius 1 is 1.40 bits per heavy atom. The Morgan fingerprint density at radius 2 is 2.28 bits per heavy atom. The molecule has 2 fully saturated rings. The Bertz CT molecular complexity index is 776. The summed E-state index contributed by atoms with van der Waals surface area (Å²) in [7, 11) is 2.15. The van der Waals surface area contributed by atoms with Crippen molar-refractivity contribution in [2.75, 3.05) is 39.8 Å². The van der Waals surface area contributed by atoms with E-state index in [9.17, 15) is 4.79 Å². The number of carbonyl (C=O) groups is 1. The molecule has 2 aromatic heterocycles. The standard InChI is InChI=1S/C17H24N6O2/c1-21-3-4-22-10-13(6-14(22)11-21)19-17(25)15-7-16-18-8-12(2-5-24)9-23(16)20-15/h7-9,13-14,24H,2-6,10-11H2,1H3,(H,19,25)/t13-,14-/m0/s1. The van der Waals surface area contributed by atoms with E-state index >= 15 is 0 Å². The zero-order chi connectivity index (χ0) is 17.4. The van der Waals surface area contributed by atoms with Gasteiger partial charge in [0, 0.05) is 63.3 Å². The van der Waals surface area contributed by atoms with Gasteiger partial charge in [0.15, 0.2) is 11.3 Å². The topological polar surface area (TPSA) is 86.0 Å². The van der Waals surface area contributed by atoms with Gasteiger partial charge in [-0.05, 0) is 25.5 Å². The van der Waals surface area contributed by atoms with Crippen LogP contribution in [0.2, 0.25) is 0 Å². The Balaban J connectivity index is 1.43.